The molecule has 1 heterocycles. The molecule has 0 aliphatic heterocycles. The fourth-order valence-electron chi connectivity index (χ4n) is 3.92. The van der Waals surface area contributed by atoms with E-state index in [4.69, 9.17) is 10.5 Å². The molecule has 4 rings (SSSR count). The van der Waals surface area contributed by atoms with Gasteiger partial charge >= 0.3 is 5.97 Å². The van der Waals surface area contributed by atoms with Gasteiger partial charge in [0.05, 0.1) is 12.3 Å². The standard InChI is InChI=1S/C28H27N3O3/c1-18-3-4-21(19(2)13-18)15-27(32)34-25-9-6-20(7-10-25)26(16-29)28(33)31-24-8-5-23-17-30-12-11-22(23)14-24/h3-14,17,26H,15-16,29H2,1-2H3,(H,31,33). The van der Waals surface area contributed by atoms with E-state index in [1.807, 2.05) is 56.3 Å². The number of nitrogens with one attached hydrogen (secondary N) is 1. The largest absolute Gasteiger partial charge is 0.426 e. The van der Waals surface area contributed by atoms with Crippen LogP contribution in [0.2, 0.25) is 0 Å². The van der Waals surface area contributed by atoms with E-state index in [-0.39, 0.29) is 24.8 Å². The molecule has 1 atom stereocenters. The Balaban J connectivity index is 1.40. The summed E-state index contributed by atoms with van der Waals surface area (Å²) in [4.78, 5) is 29.4. The van der Waals surface area contributed by atoms with Crippen LogP contribution in [-0.2, 0) is 16.0 Å². The molecule has 0 saturated heterocycles. The number of carbonyl (C=O) groups excluding carboxylic acids is 2. The van der Waals surface area contributed by atoms with Gasteiger partial charge in [-0.25, -0.2) is 0 Å². The smallest absolute Gasteiger partial charge is 0.315 e. The Morgan fingerprint density at radius 3 is 2.50 bits per heavy atom. The van der Waals surface area contributed by atoms with E-state index in [0.29, 0.717) is 11.4 Å². The second kappa shape index (κ2) is 10.3. The SMILES string of the molecule is Cc1ccc(CC(=O)Oc2ccc(C(CN)C(=O)Nc3ccc4cnccc4c3)cc2)c(C)c1. The lowest BCUT2D eigenvalue weighted by Crippen LogP contribution is -2.27. The zero-order valence-corrected chi connectivity index (χ0v) is 19.2. The summed E-state index contributed by atoms with van der Waals surface area (Å²) in [5.74, 6) is -0.638. The van der Waals surface area contributed by atoms with Gasteiger partial charge in [-0.3, -0.25) is 14.6 Å². The predicted molar refractivity (Wildman–Crippen MR) is 134 cm³/mol. The molecule has 0 radical (unpaired) electrons. The summed E-state index contributed by atoms with van der Waals surface area (Å²) in [7, 11) is 0. The van der Waals surface area contributed by atoms with Crippen LogP contribution in [0.4, 0.5) is 5.69 Å². The van der Waals surface area contributed by atoms with Gasteiger partial charge in [0.15, 0.2) is 0 Å². The van der Waals surface area contributed by atoms with Gasteiger partial charge in [0.2, 0.25) is 5.91 Å². The van der Waals surface area contributed by atoms with Crippen molar-refractivity contribution in [3.8, 4) is 5.75 Å². The maximum Gasteiger partial charge on any atom is 0.315 e. The molecular weight excluding hydrogens is 426 g/mol. The van der Waals surface area contributed by atoms with Crippen LogP contribution in [0.3, 0.4) is 0 Å². The molecule has 0 saturated carbocycles. The summed E-state index contributed by atoms with van der Waals surface area (Å²) in [6.07, 6.45) is 3.69. The maximum atomic E-state index is 12.9. The molecule has 0 bridgehead atoms. The molecule has 1 aromatic heterocycles. The third kappa shape index (κ3) is 5.47. The van der Waals surface area contributed by atoms with Crippen LogP contribution >= 0.6 is 0 Å². The number of rotatable bonds is 7. The number of hydrogen-bond acceptors (Lipinski definition) is 5. The number of anilines is 1. The van der Waals surface area contributed by atoms with Crippen LogP contribution in [0, 0.1) is 13.8 Å². The fourth-order valence-corrected chi connectivity index (χ4v) is 3.92. The quantitative estimate of drug-likeness (QED) is 0.313. The minimum Gasteiger partial charge on any atom is -0.426 e. The fraction of sp³-hybridized carbons (Fsp3) is 0.179. The molecule has 6 nitrogen and oxygen atoms in total. The highest BCUT2D eigenvalue weighted by atomic mass is 16.5. The van der Waals surface area contributed by atoms with Crippen molar-refractivity contribution in [2.75, 3.05) is 11.9 Å². The molecule has 1 unspecified atom stereocenters. The van der Waals surface area contributed by atoms with E-state index >= 15 is 0 Å². The number of aromatic nitrogens is 1. The number of benzene rings is 3. The number of aryl methyl sites for hydroxylation is 2. The van der Waals surface area contributed by atoms with Crippen LogP contribution in [0.1, 0.15) is 28.2 Å². The number of esters is 1. The van der Waals surface area contributed by atoms with Crippen LogP contribution in [0.5, 0.6) is 5.75 Å². The van der Waals surface area contributed by atoms with Gasteiger partial charge in [-0.15, -0.1) is 0 Å². The van der Waals surface area contributed by atoms with Crippen molar-refractivity contribution in [3.63, 3.8) is 0 Å². The average Bonchev–Trinajstić information content (AvgIpc) is 2.82. The van der Waals surface area contributed by atoms with E-state index < -0.39 is 5.92 Å². The zero-order valence-electron chi connectivity index (χ0n) is 19.2. The van der Waals surface area contributed by atoms with Crippen LogP contribution in [0.15, 0.2) is 79.1 Å². The summed E-state index contributed by atoms with van der Waals surface area (Å²) in [6.45, 7) is 4.15. The summed E-state index contributed by atoms with van der Waals surface area (Å²) in [5, 5.41) is 4.93. The molecule has 3 aromatic carbocycles. The molecule has 6 heteroatoms. The van der Waals surface area contributed by atoms with Crippen LogP contribution in [0.25, 0.3) is 10.8 Å². The number of amides is 1. The van der Waals surface area contributed by atoms with Crippen molar-refractivity contribution in [2.24, 2.45) is 5.73 Å². The Morgan fingerprint density at radius 1 is 0.971 bits per heavy atom. The van der Waals surface area contributed by atoms with Gasteiger partial charge in [-0.2, -0.15) is 0 Å². The van der Waals surface area contributed by atoms with Crippen molar-refractivity contribution < 1.29 is 14.3 Å². The Morgan fingerprint density at radius 2 is 1.76 bits per heavy atom. The third-order valence-electron chi connectivity index (χ3n) is 5.81. The minimum absolute atomic E-state index is 0.148. The van der Waals surface area contributed by atoms with Gasteiger partial charge in [0.25, 0.3) is 0 Å². The lowest BCUT2D eigenvalue weighted by molar-refractivity contribution is -0.133. The minimum atomic E-state index is -0.534. The van der Waals surface area contributed by atoms with Crippen LogP contribution < -0.4 is 15.8 Å². The average molecular weight is 454 g/mol. The lowest BCUT2D eigenvalue weighted by atomic mass is 9.98. The van der Waals surface area contributed by atoms with Gasteiger partial charge < -0.3 is 15.8 Å². The van der Waals surface area contributed by atoms with Crippen LogP contribution in [-0.4, -0.2) is 23.4 Å². The first-order chi connectivity index (χ1) is 16.4. The first kappa shape index (κ1) is 23.1. The summed E-state index contributed by atoms with van der Waals surface area (Å²) in [6, 6.07) is 20.4. The van der Waals surface area contributed by atoms with Crippen molar-refractivity contribution in [1.29, 1.82) is 0 Å². The number of nitrogens with zero attached hydrogens (tertiary/aromatic N) is 1. The highest BCUT2D eigenvalue weighted by molar-refractivity contribution is 5.98. The topological polar surface area (TPSA) is 94.3 Å². The van der Waals surface area contributed by atoms with E-state index in [1.165, 1.54) is 0 Å². The Kier molecular flexibility index (Phi) is 6.99. The molecular formula is C28H27N3O3. The van der Waals surface area contributed by atoms with Gasteiger partial charge in [-0.05, 0) is 66.3 Å². The lowest BCUT2D eigenvalue weighted by Gasteiger charge is -2.16. The van der Waals surface area contributed by atoms with Gasteiger partial charge in [0, 0.05) is 30.0 Å². The molecule has 0 spiro atoms. The number of pyridine rings is 1. The van der Waals surface area contributed by atoms with E-state index in [9.17, 15) is 9.59 Å². The molecule has 3 N–H and O–H groups in total. The summed E-state index contributed by atoms with van der Waals surface area (Å²) < 4.78 is 5.49. The Hall–Kier alpha value is -4.03. The monoisotopic (exact) mass is 453 g/mol. The van der Waals surface area contributed by atoms with Crippen molar-refractivity contribution >= 4 is 28.3 Å². The number of carbonyl (C=O) groups is 2. The summed E-state index contributed by atoms with van der Waals surface area (Å²) in [5.41, 5.74) is 10.5. The van der Waals surface area contributed by atoms with Gasteiger partial charge in [-0.1, -0.05) is 42.0 Å². The predicted octanol–water partition coefficient (Wildman–Crippen LogP) is 4.68. The van der Waals surface area contributed by atoms with Gasteiger partial charge in [0.1, 0.15) is 5.75 Å². The Labute approximate surface area is 198 Å². The summed E-state index contributed by atoms with van der Waals surface area (Å²) >= 11 is 0. The number of nitrogens with two attached hydrogens (primary N) is 1. The first-order valence-corrected chi connectivity index (χ1v) is 11.1. The Bertz CT molecular complexity index is 1330. The third-order valence-corrected chi connectivity index (χ3v) is 5.81. The maximum absolute atomic E-state index is 12.9. The van der Waals surface area contributed by atoms with Crippen molar-refractivity contribution in [2.45, 2.75) is 26.2 Å². The number of fused-ring (bicyclic) bond motifs is 1. The second-order valence-electron chi connectivity index (χ2n) is 8.36. The molecule has 0 aliphatic carbocycles. The number of hydrogen-bond donors (Lipinski definition) is 2. The van der Waals surface area contributed by atoms with Crippen molar-refractivity contribution in [1.82, 2.24) is 4.98 Å². The van der Waals surface area contributed by atoms with Crippen molar-refractivity contribution in [3.05, 3.63) is 101 Å². The number of ether oxygens (including phenoxy) is 1. The van der Waals surface area contributed by atoms with E-state index in [0.717, 1.165) is 33.0 Å². The zero-order chi connectivity index (χ0) is 24.1. The molecule has 0 fully saturated rings. The molecule has 0 aliphatic rings. The second-order valence-corrected chi connectivity index (χ2v) is 8.36. The molecule has 172 valence electrons. The normalized spacial score (nSPS) is 11.7. The molecule has 1 amide bonds. The highest BCUT2D eigenvalue weighted by Crippen LogP contribution is 2.23. The molecule has 34 heavy (non-hydrogen) atoms. The van der Waals surface area contributed by atoms with E-state index in [2.05, 4.69) is 10.3 Å². The first-order valence-electron chi connectivity index (χ1n) is 11.1. The van der Waals surface area contributed by atoms with E-state index in [1.54, 1.807) is 36.7 Å². The molecule has 4 aromatic rings. The highest BCUT2D eigenvalue weighted by Gasteiger charge is 2.20.